The highest BCUT2D eigenvalue weighted by Gasteiger charge is 2.19. The number of nitro groups is 1. The summed E-state index contributed by atoms with van der Waals surface area (Å²) >= 11 is 0. The van der Waals surface area contributed by atoms with Crippen molar-refractivity contribution in [3.8, 4) is 5.75 Å². The van der Waals surface area contributed by atoms with E-state index in [4.69, 9.17) is 0 Å². The number of aromatic nitrogens is 2. The van der Waals surface area contributed by atoms with Crippen LogP contribution in [0.5, 0.6) is 5.75 Å². The van der Waals surface area contributed by atoms with Crippen molar-refractivity contribution in [2.24, 2.45) is 4.99 Å². The maximum Gasteiger partial charge on any atom is 0.300 e. The Labute approximate surface area is 158 Å². The Morgan fingerprint density at radius 1 is 1.04 bits per heavy atom. The van der Waals surface area contributed by atoms with Crippen LogP contribution in [0.15, 0.2) is 70.3 Å². The highest BCUT2D eigenvalue weighted by Crippen LogP contribution is 2.31. The first-order valence-electron chi connectivity index (χ1n) is 8.20. The number of fused-ring (bicyclic) bond motifs is 1. The second kappa shape index (κ2) is 7.16. The van der Waals surface area contributed by atoms with Gasteiger partial charge in [0.15, 0.2) is 5.52 Å². The minimum Gasteiger partial charge on any atom is -0.507 e. The van der Waals surface area contributed by atoms with Crippen molar-refractivity contribution in [1.29, 1.82) is 0 Å². The molecule has 0 amide bonds. The molecule has 1 heterocycles. The van der Waals surface area contributed by atoms with E-state index < -0.39 is 4.92 Å². The molecule has 0 aliphatic carbocycles. The summed E-state index contributed by atoms with van der Waals surface area (Å²) in [5.74, 6) is 0.160. The van der Waals surface area contributed by atoms with Crippen LogP contribution in [0, 0.1) is 10.1 Å². The molecule has 3 aromatic carbocycles. The predicted molar refractivity (Wildman–Crippen MR) is 104 cm³/mol. The van der Waals surface area contributed by atoms with Gasteiger partial charge >= 0.3 is 5.69 Å². The van der Waals surface area contributed by atoms with Gasteiger partial charge in [-0.05, 0) is 52.8 Å². The van der Waals surface area contributed by atoms with Gasteiger partial charge in [-0.2, -0.15) is 0 Å². The number of phenols is 1. The molecule has 1 aromatic heterocycles. The molecule has 0 saturated heterocycles. The number of non-ortho nitro benzene ring substituents is 1. The van der Waals surface area contributed by atoms with E-state index >= 15 is 0 Å². The number of nitrogens with one attached hydrogen (secondary N) is 1. The number of para-hydroxylation sites is 1. The molecule has 4 aromatic rings. The topological polar surface area (TPSA) is 127 Å². The van der Waals surface area contributed by atoms with Crippen LogP contribution in [0.4, 0.5) is 22.7 Å². The fraction of sp³-hybridized carbons (Fsp3) is 0. The molecule has 0 bridgehead atoms. The highest BCUT2D eigenvalue weighted by molar-refractivity contribution is 5.95. The van der Waals surface area contributed by atoms with Gasteiger partial charge in [-0.25, -0.2) is 4.63 Å². The van der Waals surface area contributed by atoms with E-state index in [9.17, 15) is 15.2 Å². The molecule has 0 atom stereocenters. The van der Waals surface area contributed by atoms with Gasteiger partial charge in [-0.15, -0.1) is 0 Å². The molecule has 0 aliphatic heterocycles. The zero-order valence-electron chi connectivity index (χ0n) is 14.3. The number of aromatic hydroxyl groups is 1. The maximum atomic E-state index is 11.1. The van der Waals surface area contributed by atoms with Crippen molar-refractivity contribution in [2.45, 2.75) is 0 Å². The van der Waals surface area contributed by atoms with Crippen molar-refractivity contribution >= 4 is 40.0 Å². The summed E-state index contributed by atoms with van der Waals surface area (Å²) in [5.41, 5.74) is 2.78. The molecule has 9 heteroatoms. The Morgan fingerprint density at radius 2 is 1.79 bits per heavy atom. The highest BCUT2D eigenvalue weighted by atomic mass is 16.6. The Hall–Kier alpha value is -4.27. The van der Waals surface area contributed by atoms with Crippen LogP contribution in [-0.2, 0) is 0 Å². The van der Waals surface area contributed by atoms with Crippen LogP contribution in [0.3, 0.4) is 0 Å². The van der Waals surface area contributed by atoms with E-state index in [0.717, 1.165) is 5.69 Å². The van der Waals surface area contributed by atoms with Gasteiger partial charge in [0, 0.05) is 23.5 Å². The number of phenolic OH excluding ortho intramolecular Hbond substituents is 1. The zero-order chi connectivity index (χ0) is 19.5. The lowest BCUT2D eigenvalue weighted by Crippen LogP contribution is -1.94. The van der Waals surface area contributed by atoms with E-state index in [2.05, 4.69) is 25.3 Å². The number of hydrogen-bond acceptors (Lipinski definition) is 8. The summed E-state index contributed by atoms with van der Waals surface area (Å²) in [6.07, 6.45) is 1.58. The Morgan fingerprint density at radius 3 is 2.54 bits per heavy atom. The monoisotopic (exact) mass is 375 g/mol. The normalized spacial score (nSPS) is 11.1. The van der Waals surface area contributed by atoms with E-state index in [1.54, 1.807) is 54.7 Å². The van der Waals surface area contributed by atoms with Gasteiger partial charge in [-0.1, -0.05) is 12.1 Å². The fourth-order valence-corrected chi connectivity index (χ4v) is 2.63. The average molecular weight is 375 g/mol. The third-order valence-electron chi connectivity index (χ3n) is 4.03. The molecule has 4 rings (SSSR count). The van der Waals surface area contributed by atoms with Crippen molar-refractivity contribution in [2.75, 3.05) is 5.32 Å². The molecule has 9 nitrogen and oxygen atoms in total. The summed E-state index contributed by atoms with van der Waals surface area (Å²) in [5, 5.41) is 31.3. The summed E-state index contributed by atoms with van der Waals surface area (Å²) in [6, 6.07) is 17.0. The van der Waals surface area contributed by atoms with Crippen molar-refractivity contribution in [3.63, 3.8) is 0 Å². The number of benzene rings is 3. The minimum atomic E-state index is -0.534. The second-order valence-electron chi connectivity index (χ2n) is 5.84. The molecule has 138 valence electrons. The summed E-state index contributed by atoms with van der Waals surface area (Å²) < 4.78 is 4.65. The SMILES string of the molecule is O=[N+]([O-])c1ccc(Nc2ccc(N=Cc3ccccc3O)cc2)c2nonc12. The number of nitrogens with zero attached hydrogens (tertiary/aromatic N) is 4. The Bertz CT molecular complexity index is 1180. The average Bonchev–Trinajstić information content (AvgIpc) is 3.19. The van der Waals surface area contributed by atoms with E-state index in [0.29, 0.717) is 16.9 Å². The quantitative estimate of drug-likeness (QED) is 0.302. The molecule has 2 N–H and O–H groups in total. The van der Waals surface area contributed by atoms with Crippen LogP contribution in [0.1, 0.15) is 5.56 Å². The lowest BCUT2D eigenvalue weighted by molar-refractivity contribution is -0.383. The summed E-state index contributed by atoms with van der Waals surface area (Å²) in [4.78, 5) is 14.9. The minimum absolute atomic E-state index is 0.0823. The lowest BCUT2D eigenvalue weighted by atomic mass is 10.2. The maximum absolute atomic E-state index is 11.1. The Balaban J connectivity index is 1.55. The molecule has 0 spiro atoms. The first-order valence-corrected chi connectivity index (χ1v) is 8.20. The van der Waals surface area contributed by atoms with Gasteiger partial charge in [0.1, 0.15) is 5.75 Å². The molecule has 0 saturated carbocycles. The Kier molecular flexibility index (Phi) is 4.38. The molecule has 0 radical (unpaired) electrons. The first-order chi connectivity index (χ1) is 13.6. The summed E-state index contributed by atoms with van der Waals surface area (Å²) in [7, 11) is 0. The largest absolute Gasteiger partial charge is 0.507 e. The van der Waals surface area contributed by atoms with E-state index in [1.807, 2.05) is 6.07 Å². The van der Waals surface area contributed by atoms with Crippen LogP contribution < -0.4 is 5.32 Å². The van der Waals surface area contributed by atoms with E-state index in [1.165, 1.54) is 6.07 Å². The van der Waals surface area contributed by atoms with Gasteiger partial charge in [-0.3, -0.25) is 15.1 Å². The van der Waals surface area contributed by atoms with Crippen molar-refractivity contribution < 1.29 is 14.7 Å². The summed E-state index contributed by atoms with van der Waals surface area (Å²) in [6.45, 7) is 0. The lowest BCUT2D eigenvalue weighted by Gasteiger charge is -2.06. The molecule has 0 unspecified atom stereocenters. The van der Waals surface area contributed by atoms with Gasteiger partial charge in [0.2, 0.25) is 5.52 Å². The van der Waals surface area contributed by atoms with Gasteiger partial charge in [0.05, 0.1) is 16.3 Å². The van der Waals surface area contributed by atoms with Gasteiger partial charge < -0.3 is 10.4 Å². The number of hydrogen-bond donors (Lipinski definition) is 2. The van der Waals surface area contributed by atoms with Crippen molar-refractivity contribution in [1.82, 2.24) is 10.3 Å². The zero-order valence-corrected chi connectivity index (χ0v) is 14.3. The molecule has 0 fully saturated rings. The van der Waals surface area contributed by atoms with Crippen LogP contribution in [0.25, 0.3) is 11.0 Å². The smallest absolute Gasteiger partial charge is 0.300 e. The van der Waals surface area contributed by atoms with Gasteiger partial charge in [0.25, 0.3) is 0 Å². The molecular weight excluding hydrogens is 362 g/mol. The number of nitro benzene ring substituents is 1. The van der Waals surface area contributed by atoms with E-state index in [-0.39, 0.29) is 22.5 Å². The third kappa shape index (κ3) is 3.36. The standard InChI is InChI=1S/C19H13N5O4/c25-17-4-2-1-3-12(17)11-20-13-5-7-14(8-6-13)21-15-9-10-16(24(26)27)19-18(15)22-28-23-19/h1-11,21,25H. The molecular formula is C19H13N5O4. The number of rotatable bonds is 5. The molecule has 28 heavy (non-hydrogen) atoms. The van der Waals surface area contributed by atoms with Crippen LogP contribution in [-0.4, -0.2) is 26.6 Å². The number of aliphatic imine (C=N–C) groups is 1. The predicted octanol–water partition coefficient (Wildman–Crippen LogP) is 4.33. The van der Waals surface area contributed by atoms with Crippen LogP contribution >= 0.6 is 0 Å². The molecule has 0 aliphatic rings. The second-order valence-corrected chi connectivity index (χ2v) is 5.84. The van der Waals surface area contributed by atoms with Crippen LogP contribution in [0.2, 0.25) is 0 Å². The number of anilines is 2. The first kappa shape index (κ1) is 17.2. The third-order valence-corrected chi connectivity index (χ3v) is 4.03. The fourth-order valence-electron chi connectivity index (χ4n) is 2.63. The van der Waals surface area contributed by atoms with Crippen molar-refractivity contribution in [3.05, 3.63) is 76.3 Å².